The molecule has 14 heavy (non-hydrogen) atoms. The second-order valence-corrected chi connectivity index (χ2v) is 4.44. The topological polar surface area (TPSA) is 21.3 Å². The normalized spacial score (nSPS) is 34.6. The Kier molecular flexibility index (Phi) is 3.60. The van der Waals surface area contributed by atoms with Crippen LogP contribution >= 0.6 is 0 Å². The van der Waals surface area contributed by atoms with Gasteiger partial charge in [0.2, 0.25) is 0 Å². The smallest absolute Gasteiger partial charge is 0.0639 e. The molecule has 2 nitrogen and oxygen atoms in total. The fourth-order valence-electron chi connectivity index (χ4n) is 2.80. The molecule has 2 unspecified atom stereocenters. The lowest BCUT2D eigenvalue weighted by atomic mass is 9.78. The Hall–Kier alpha value is -0.340. The molecule has 1 fully saturated rings. The first-order valence-corrected chi connectivity index (χ1v) is 5.82. The number of hydrogen-bond donors (Lipinski definition) is 1. The van der Waals surface area contributed by atoms with Crippen molar-refractivity contribution in [3.63, 3.8) is 0 Å². The lowest BCUT2D eigenvalue weighted by Crippen LogP contribution is -2.37. The second kappa shape index (κ2) is 4.94. The van der Waals surface area contributed by atoms with Crippen molar-refractivity contribution in [1.82, 2.24) is 5.32 Å². The van der Waals surface area contributed by atoms with E-state index in [9.17, 15) is 0 Å². The van der Waals surface area contributed by atoms with Crippen LogP contribution in [0.15, 0.2) is 12.2 Å². The van der Waals surface area contributed by atoms with Crippen LogP contribution in [-0.4, -0.2) is 26.3 Å². The molecule has 80 valence electrons. The molecule has 1 aliphatic carbocycles. The van der Waals surface area contributed by atoms with Crippen LogP contribution in [0.5, 0.6) is 0 Å². The predicted molar refractivity (Wildman–Crippen MR) is 58.3 cm³/mol. The van der Waals surface area contributed by atoms with Crippen LogP contribution in [-0.2, 0) is 4.74 Å². The fraction of sp³-hybridized carbons (Fsp3) is 0.833. The number of nitrogens with one attached hydrogen (secondary N) is 1. The maximum atomic E-state index is 5.59. The second-order valence-electron chi connectivity index (χ2n) is 4.44. The van der Waals surface area contributed by atoms with E-state index in [4.69, 9.17) is 4.74 Å². The van der Waals surface area contributed by atoms with E-state index in [0.717, 1.165) is 5.92 Å². The first-order valence-electron chi connectivity index (χ1n) is 5.82. The number of piperidine rings is 1. The van der Waals surface area contributed by atoms with Crippen LogP contribution in [0.4, 0.5) is 0 Å². The van der Waals surface area contributed by atoms with Crippen molar-refractivity contribution in [3.05, 3.63) is 12.2 Å². The Morgan fingerprint density at radius 2 is 2.00 bits per heavy atom. The van der Waals surface area contributed by atoms with Gasteiger partial charge in [0.1, 0.15) is 0 Å². The van der Waals surface area contributed by atoms with Gasteiger partial charge in [-0.05, 0) is 44.7 Å². The van der Waals surface area contributed by atoms with Gasteiger partial charge in [-0.25, -0.2) is 0 Å². The van der Waals surface area contributed by atoms with Gasteiger partial charge in [0.15, 0.2) is 0 Å². The largest absolute Gasteiger partial charge is 0.381 e. The molecule has 0 saturated carbocycles. The van der Waals surface area contributed by atoms with Gasteiger partial charge in [-0.15, -0.1) is 0 Å². The molecule has 0 aromatic carbocycles. The molecule has 0 spiro atoms. The van der Waals surface area contributed by atoms with Crippen molar-refractivity contribution >= 4 is 0 Å². The maximum absolute atomic E-state index is 5.59. The summed E-state index contributed by atoms with van der Waals surface area (Å²) in [4.78, 5) is 0. The highest BCUT2D eigenvalue weighted by atomic mass is 16.5. The van der Waals surface area contributed by atoms with E-state index in [-0.39, 0.29) is 0 Å². The third-order valence-corrected chi connectivity index (χ3v) is 3.64. The average Bonchev–Trinajstić information content (AvgIpc) is 2.30. The molecule has 1 aliphatic heterocycles. The summed E-state index contributed by atoms with van der Waals surface area (Å²) in [7, 11) is 1.86. The quantitative estimate of drug-likeness (QED) is 0.680. The third kappa shape index (κ3) is 2.18. The highest BCUT2D eigenvalue weighted by Gasteiger charge is 2.29. The van der Waals surface area contributed by atoms with Crippen LogP contribution in [0.3, 0.4) is 0 Å². The molecule has 0 bridgehead atoms. The Morgan fingerprint density at radius 3 is 2.71 bits per heavy atom. The van der Waals surface area contributed by atoms with Gasteiger partial charge >= 0.3 is 0 Å². The summed E-state index contributed by atoms with van der Waals surface area (Å²) in [6, 6.07) is 0. The Morgan fingerprint density at radius 1 is 1.21 bits per heavy atom. The van der Waals surface area contributed by atoms with Crippen molar-refractivity contribution in [1.29, 1.82) is 0 Å². The standard InChI is InChI=1S/C12H21NO/c1-14-12-5-3-2-4-11(12)10-6-8-13-9-7-10/h2,4,10-13H,3,5-9H2,1H3. The van der Waals surface area contributed by atoms with Crippen molar-refractivity contribution < 1.29 is 4.74 Å². The van der Waals surface area contributed by atoms with Gasteiger partial charge < -0.3 is 10.1 Å². The first kappa shape index (κ1) is 10.2. The zero-order valence-electron chi connectivity index (χ0n) is 9.04. The van der Waals surface area contributed by atoms with Crippen molar-refractivity contribution in [2.75, 3.05) is 20.2 Å². The molecule has 0 amide bonds. The number of rotatable bonds is 2. The zero-order valence-corrected chi connectivity index (χ0v) is 9.04. The fourth-order valence-corrected chi connectivity index (χ4v) is 2.80. The van der Waals surface area contributed by atoms with Crippen LogP contribution in [0.2, 0.25) is 0 Å². The molecule has 2 rings (SSSR count). The molecule has 0 radical (unpaired) electrons. The maximum Gasteiger partial charge on any atom is 0.0639 e. The zero-order chi connectivity index (χ0) is 9.80. The van der Waals surface area contributed by atoms with E-state index in [1.54, 1.807) is 0 Å². The van der Waals surface area contributed by atoms with Gasteiger partial charge in [0.05, 0.1) is 6.10 Å². The molecule has 2 atom stereocenters. The molecule has 1 N–H and O–H groups in total. The van der Waals surface area contributed by atoms with E-state index >= 15 is 0 Å². The van der Waals surface area contributed by atoms with E-state index in [1.807, 2.05) is 7.11 Å². The van der Waals surface area contributed by atoms with Gasteiger partial charge in [-0.3, -0.25) is 0 Å². The third-order valence-electron chi connectivity index (χ3n) is 3.64. The molecule has 0 aromatic heterocycles. The van der Waals surface area contributed by atoms with E-state index in [0.29, 0.717) is 12.0 Å². The number of methoxy groups -OCH3 is 1. The number of ether oxygens (including phenoxy) is 1. The number of hydrogen-bond acceptors (Lipinski definition) is 2. The van der Waals surface area contributed by atoms with E-state index in [1.165, 1.54) is 38.8 Å². The summed E-state index contributed by atoms with van der Waals surface area (Å²) in [5, 5.41) is 3.42. The highest BCUT2D eigenvalue weighted by molar-refractivity contribution is 5.01. The lowest BCUT2D eigenvalue weighted by molar-refractivity contribution is 0.0304. The lowest BCUT2D eigenvalue weighted by Gasteiger charge is -2.35. The minimum absolute atomic E-state index is 0.475. The van der Waals surface area contributed by atoms with Crippen molar-refractivity contribution in [2.24, 2.45) is 11.8 Å². The molecule has 1 heterocycles. The molecule has 1 saturated heterocycles. The molecular weight excluding hydrogens is 174 g/mol. The minimum atomic E-state index is 0.475. The predicted octanol–water partition coefficient (Wildman–Crippen LogP) is 1.97. The summed E-state index contributed by atoms with van der Waals surface area (Å²) in [6.45, 7) is 2.37. The van der Waals surface area contributed by atoms with Crippen molar-refractivity contribution in [2.45, 2.75) is 31.8 Å². The summed E-state index contributed by atoms with van der Waals surface area (Å²) in [5.74, 6) is 1.52. The van der Waals surface area contributed by atoms with Gasteiger partial charge in [-0.2, -0.15) is 0 Å². The molecular formula is C12H21NO. The highest BCUT2D eigenvalue weighted by Crippen LogP contribution is 2.32. The van der Waals surface area contributed by atoms with Gasteiger partial charge in [-0.1, -0.05) is 12.2 Å². The average molecular weight is 195 g/mol. The summed E-state index contributed by atoms with van der Waals surface area (Å²) in [6.07, 6.45) is 10.2. The van der Waals surface area contributed by atoms with Crippen molar-refractivity contribution in [3.8, 4) is 0 Å². The first-order chi connectivity index (χ1) is 6.92. The van der Waals surface area contributed by atoms with E-state index in [2.05, 4.69) is 17.5 Å². The Balaban J connectivity index is 1.98. The monoisotopic (exact) mass is 195 g/mol. The van der Waals surface area contributed by atoms with Crippen LogP contribution in [0, 0.1) is 11.8 Å². The SMILES string of the molecule is COC1CCC=CC1C1CCNCC1. The summed E-state index contributed by atoms with van der Waals surface area (Å²) in [5.41, 5.74) is 0. The molecule has 0 aromatic rings. The van der Waals surface area contributed by atoms with Crippen LogP contribution in [0.1, 0.15) is 25.7 Å². The summed E-state index contributed by atoms with van der Waals surface area (Å²) < 4.78 is 5.59. The van der Waals surface area contributed by atoms with E-state index < -0.39 is 0 Å². The Labute approximate surface area is 86.7 Å². The molecule has 2 aliphatic rings. The molecule has 2 heteroatoms. The van der Waals surface area contributed by atoms with Gasteiger partial charge in [0.25, 0.3) is 0 Å². The van der Waals surface area contributed by atoms with Gasteiger partial charge in [0, 0.05) is 13.0 Å². The summed E-state index contributed by atoms with van der Waals surface area (Å²) >= 11 is 0. The van der Waals surface area contributed by atoms with Crippen LogP contribution in [0.25, 0.3) is 0 Å². The van der Waals surface area contributed by atoms with Crippen LogP contribution < -0.4 is 5.32 Å². The minimum Gasteiger partial charge on any atom is -0.381 e. The number of allylic oxidation sites excluding steroid dienone is 1. The Bertz CT molecular complexity index is 196.